The highest BCUT2D eigenvalue weighted by Crippen LogP contribution is 2.41. The van der Waals surface area contributed by atoms with Crippen LogP contribution < -0.4 is 20.7 Å². The van der Waals surface area contributed by atoms with Gasteiger partial charge in [0, 0.05) is 18.6 Å². The molecule has 0 saturated heterocycles. The van der Waals surface area contributed by atoms with Gasteiger partial charge in [0.1, 0.15) is 0 Å². The molecule has 0 aromatic heterocycles. The van der Waals surface area contributed by atoms with Crippen LogP contribution in [0.15, 0.2) is 121 Å². The summed E-state index contributed by atoms with van der Waals surface area (Å²) in [7, 11) is -5.47. The van der Waals surface area contributed by atoms with Crippen LogP contribution >= 0.6 is 0 Å². The van der Waals surface area contributed by atoms with Crippen LogP contribution in [0.3, 0.4) is 0 Å². The lowest BCUT2D eigenvalue weighted by atomic mass is 9.81. The zero-order valence-corrected chi connectivity index (χ0v) is 30.7. The van der Waals surface area contributed by atoms with E-state index < -0.39 is 28.2 Å². The first-order valence-corrected chi connectivity index (χ1v) is 20.3. The van der Waals surface area contributed by atoms with Gasteiger partial charge in [0.05, 0.1) is 6.10 Å². The first-order chi connectivity index (χ1) is 21.3. The van der Waals surface area contributed by atoms with Crippen LogP contribution in [-0.4, -0.2) is 41.1 Å². The fourth-order valence-electron chi connectivity index (χ4n) is 7.06. The molecule has 1 N–H and O–H groups in total. The van der Waals surface area contributed by atoms with Crippen molar-refractivity contribution in [3.8, 4) is 0 Å². The van der Waals surface area contributed by atoms with Gasteiger partial charge in [0.15, 0.2) is 0 Å². The van der Waals surface area contributed by atoms with Crippen molar-refractivity contribution in [1.29, 1.82) is 0 Å². The molecule has 0 aliphatic carbocycles. The van der Waals surface area contributed by atoms with Crippen molar-refractivity contribution >= 4 is 37.4 Å². The molecule has 0 saturated carbocycles. The van der Waals surface area contributed by atoms with E-state index in [0.717, 1.165) is 0 Å². The SMILES string of the molecule is CC[C@H](O)[C@](C)(CCO[Si](c1ccccc1)(c1ccccc1)C(C)(C)C)CO[Si](c1ccccc1)(c1ccccc1)C(C)(C)C. The summed E-state index contributed by atoms with van der Waals surface area (Å²) in [6.45, 7) is 19.1. The summed E-state index contributed by atoms with van der Waals surface area (Å²) in [6, 6.07) is 43.1. The minimum absolute atomic E-state index is 0.110. The second-order valence-corrected chi connectivity index (χ2v) is 23.4. The van der Waals surface area contributed by atoms with Gasteiger partial charge in [-0.1, -0.05) is 177 Å². The fraction of sp³-hybridized carbons (Fsp3) is 0.400. The van der Waals surface area contributed by atoms with Gasteiger partial charge in [0.2, 0.25) is 0 Å². The highest BCUT2D eigenvalue weighted by Gasteiger charge is 2.53. The van der Waals surface area contributed by atoms with Crippen molar-refractivity contribution in [1.82, 2.24) is 0 Å². The molecule has 2 atom stereocenters. The smallest absolute Gasteiger partial charge is 0.261 e. The average Bonchev–Trinajstić information content (AvgIpc) is 3.03. The lowest BCUT2D eigenvalue weighted by Crippen LogP contribution is -2.67. The van der Waals surface area contributed by atoms with Crippen molar-refractivity contribution in [2.75, 3.05) is 13.2 Å². The summed E-state index contributed by atoms with van der Waals surface area (Å²) in [5, 5.41) is 16.4. The van der Waals surface area contributed by atoms with Gasteiger partial charge in [0.25, 0.3) is 16.6 Å². The molecule has 0 unspecified atom stereocenters. The van der Waals surface area contributed by atoms with E-state index in [-0.39, 0.29) is 10.1 Å². The van der Waals surface area contributed by atoms with E-state index >= 15 is 0 Å². The molecule has 45 heavy (non-hydrogen) atoms. The molecule has 0 bridgehead atoms. The second-order valence-electron chi connectivity index (χ2n) is 14.8. The van der Waals surface area contributed by atoms with Crippen LogP contribution in [-0.2, 0) is 8.85 Å². The summed E-state index contributed by atoms with van der Waals surface area (Å²) in [5.74, 6) is 0. The number of hydrogen-bond acceptors (Lipinski definition) is 3. The molecule has 0 amide bonds. The van der Waals surface area contributed by atoms with E-state index in [1.54, 1.807) is 0 Å². The Balaban J connectivity index is 1.72. The lowest BCUT2D eigenvalue weighted by molar-refractivity contribution is -0.0161. The van der Waals surface area contributed by atoms with Crippen LogP contribution in [0.5, 0.6) is 0 Å². The summed E-state index contributed by atoms with van der Waals surface area (Å²) in [4.78, 5) is 0. The lowest BCUT2D eigenvalue weighted by Gasteiger charge is -2.47. The standard InChI is InChI=1S/C40H54O3Si2/c1-9-37(41)40(8,32-43-45(39(5,6)7,35-26-18-12-19-27-35)36-28-20-13-21-29-36)30-31-42-44(38(2,3)4,33-22-14-10-15-23-33)34-24-16-11-17-25-34/h10-29,37,41H,9,30-32H2,1-8H3/t37-,40+/m0/s1. The van der Waals surface area contributed by atoms with Crippen molar-refractivity contribution < 1.29 is 14.0 Å². The van der Waals surface area contributed by atoms with Crippen molar-refractivity contribution in [2.24, 2.45) is 5.41 Å². The molecule has 0 fully saturated rings. The Labute approximate surface area is 274 Å². The Morgan fingerprint density at radius 3 is 1.13 bits per heavy atom. The molecule has 4 aromatic rings. The molecule has 240 valence electrons. The molecule has 0 aliphatic heterocycles. The van der Waals surface area contributed by atoms with E-state index in [1.165, 1.54) is 20.7 Å². The quantitative estimate of drug-likeness (QED) is 0.156. The van der Waals surface area contributed by atoms with Crippen LogP contribution in [0.1, 0.15) is 68.2 Å². The third-order valence-electron chi connectivity index (χ3n) is 9.63. The minimum Gasteiger partial charge on any atom is -0.407 e. The summed E-state index contributed by atoms with van der Waals surface area (Å²) in [5.41, 5.74) is -0.507. The fourth-order valence-corrected chi connectivity index (χ4v) is 16.3. The zero-order valence-electron chi connectivity index (χ0n) is 28.7. The molecule has 0 aliphatic rings. The third-order valence-corrected chi connectivity index (χ3v) is 19.7. The summed E-state index contributed by atoms with van der Waals surface area (Å²) >= 11 is 0. The van der Waals surface area contributed by atoms with Crippen molar-refractivity contribution in [3.05, 3.63) is 121 Å². The Morgan fingerprint density at radius 1 is 0.533 bits per heavy atom. The van der Waals surface area contributed by atoms with Crippen LogP contribution in [0, 0.1) is 5.41 Å². The average molecular weight is 639 g/mol. The Hall–Kier alpha value is -2.81. The minimum atomic E-state index is -2.77. The Kier molecular flexibility index (Phi) is 11.1. The van der Waals surface area contributed by atoms with Crippen LogP contribution in [0.4, 0.5) is 0 Å². The van der Waals surface area contributed by atoms with E-state index in [1.807, 2.05) is 0 Å². The molecule has 0 spiro atoms. The molecule has 4 aromatic carbocycles. The maximum Gasteiger partial charge on any atom is 0.261 e. The third kappa shape index (κ3) is 7.13. The molecule has 5 heteroatoms. The topological polar surface area (TPSA) is 38.7 Å². The van der Waals surface area contributed by atoms with Crippen molar-refractivity contribution in [2.45, 2.75) is 84.4 Å². The summed E-state index contributed by atoms with van der Waals surface area (Å²) < 4.78 is 14.7. The summed E-state index contributed by atoms with van der Waals surface area (Å²) in [6.07, 6.45) is 0.809. The highest BCUT2D eigenvalue weighted by atomic mass is 28.4. The maximum atomic E-state index is 11.6. The number of hydrogen-bond donors (Lipinski definition) is 1. The normalized spacial score (nSPS) is 15.0. The molecular weight excluding hydrogens is 585 g/mol. The number of rotatable bonds is 13. The molecular formula is C40H54O3Si2. The molecule has 3 nitrogen and oxygen atoms in total. The number of benzene rings is 4. The van der Waals surface area contributed by atoms with E-state index in [4.69, 9.17) is 8.85 Å². The first kappa shape index (κ1) is 35.1. The Morgan fingerprint density at radius 2 is 0.844 bits per heavy atom. The second kappa shape index (κ2) is 14.3. The van der Waals surface area contributed by atoms with Crippen molar-refractivity contribution in [3.63, 3.8) is 0 Å². The first-order valence-electron chi connectivity index (χ1n) is 16.5. The highest BCUT2D eigenvalue weighted by molar-refractivity contribution is 7.00. The predicted molar refractivity (Wildman–Crippen MR) is 196 cm³/mol. The van der Waals surface area contributed by atoms with Gasteiger partial charge < -0.3 is 14.0 Å². The van der Waals surface area contributed by atoms with E-state index in [2.05, 4.69) is 177 Å². The van der Waals surface area contributed by atoms with Gasteiger partial charge in [-0.2, -0.15) is 0 Å². The zero-order chi connectivity index (χ0) is 32.8. The van der Waals surface area contributed by atoms with Crippen LogP contribution in [0.2, 0.25) is 10.1 Å². The molecule has 0 radical (unpaired) electrons. The van der Waals surface area contributed by atoms with Gasteiger partial charge >= 0.3 is 0 Å². The number of aliphatic hydroxyl groups is 1. The largest absolute Gasteiger partial charge is 0.407 e. The molecule has 0 heterocycles. The van der Waals surface area contributed by atoms with E-state index in [0.29, 0.717) is 26.1 Å². The maximum absolute atomic E-state index is 11.6. The monoisotopic (exact) mass is 638 g/mol. The molecule has 4 rings (SSSR count). The van der Waals surface area contributed by atoms with Gasteiger partial charge in [-0.25, -0.2) is 0 Å². The van der Waals surface area contributed by atoms with Gasteiger partial charge in [-0.15, -0.1) is 0 Å². The van der Waals surface area contributed by atoms with E-state index in [9.17, 15) is 5.11 Å². The van der Waals surface area contributed by atoms with Crippen LogP contribution in [0.25, 0.3) is 0 Å². The van der Waals surface area contributed by atoms with Gasteiger partial charge in [-0.3, -0.25) is 0 Å². The number of aliphatic hydroxyl groups excluding tert-OH is 1. The van der Waals surface area contributed by atoms with Gasteiger partial charge in [-0.05, 0) is 43.7 Å². The Bertz CT molecular complexity index is 1370. The predicted octanol–water partition coefficient (Wildman–Crippen LogP) is 7.31.